The van der Waals surface area contributed by atoms with E-state index < -0.39 is 22.0 Å². The molecule has 0 aliphatic carbocycles. The average molecular weight is 450 g/mol. The highest BCUT2D eigenvalue weighted by molar-refractivity contribution is 7.89. The molecule has 0 aromatic heterocycles. The van der Waals surface area contributed by atoms with E-state index in [9.17, 15) is 18.0 Å². The summed E-state index contributed by atoms with van der Waals surface area (Å²) in [6.07, 6.45) is 1.00. The molecule has 1 saturated heterocycles. The van der Waals surface area contributed by atoms with Gasteiger partial charge in [0.25, 0.3) is 5.91 Å². The van der Waals surface area contributed by atoms with Gasteiger partial charge in [-0.1, -0.05) is 11.6 Å². The molecule has 0 radical (unpaired) electrons. The fourth-order valence-electron chi connectivity index (χ4n) is 3.67. The second-order valence-electron chi connectivity index (χ2n) is 7.22. The van der Waals surface area contributed by atoms with Gasteiger partial charge < -0.3 is 15.4 Å². The van der Waals surface area contributed by atoms with Crippen LogP contribution in [0.25, 0.3) is 0 Å². The molecule has 2 aliphatic heterocycles. The maximum atomic E-state index is 13.4. The van der Waals surface area contributed by atoms with Crippen molar-refractivity contribution >= 4 is 44.8 Å². The van der Waals surface area contributed by atoms with E-state index in [1.165, 1.54) is 10.4 Å². The number of hydrogen-bond acceptors (Lipinski definition) is 5. The lowest BCUT2D eigenvalue weighted by Crippen LogP contribution is -2.43. The van der Waals surface area contributed by atoms with Crippen LogP contribution in [-0.2, 0) is 19.6 Å². The number of sulfonamides is 1. The first-order chi connectivity index (χ1) is 14.3. The van der Waals surface area contributed by atoms with Crippen molar-refractivity contribution in [1.82, 2.24) is 4.31 Å². The van der Waals surface area contributed by atoms with Crippen LogP contribution >= 0.6 is 11.6 Å². The van der Waals surface area contributed by atoms with Crippen molar-refractivity contribution in [2.75, 3.05) is 23.8 Å². The SMILES string of the molecule is Cc1cc2c(cc1S(=O)(=O)N1CCC[C@@H]1C(=O)Nc1ccc(Cl)cc1)OCC(=O)N2. The lowest BCUT2D eigenvalue weighted by atomic mass is 10.2. The Morgan fingerprint density at radius 2 is 2.00 bits per heavy atom. The smallest absolute Gasteiger partial charge is 0.262 e. The van der Waals surface area contributed by atoms with Crippen LogP contribution in [0.5, 0.6) is 5.75 Å². The number of rotatable bonds is 4. The zero-order chi connectivity index (χ0) is 21.5. The Morgan fingerprint density at radius 3 is 2.73 bits per heavy atom. The second-order valence-corrected chi connectivity index (χ2v) is 9.52. The lowest BCUT2D eigenvalue weighted by Gasteiger charge is -2.26. The summed E-state index contributed by atoms with van der Waals surface area (Å²) in [5, 5.41) is 5.96. The number of amides is 2. The zero-order valence-electron chi connectivity index (χ0n) is 16.1. The first-order valence-electron chi connectivity index (χ1n) is 9.41. The third kappa shape index (κ3) is 3.88. The Morgan fingerprint density at radius 1 is 1.27 bits per heavy atom. The summed E-state index contributed by atoms with van der Waals surface area (Å²) in [7, 11) is -3.95. The molecule has 2 amide bonds. The van der Waals surface area contributed by atoms with Gasteiger partial charge in [0.05, 0.1) is 10.6 Å². The van der Waals surface area contributed by atoms with E-state index in [4.69, 9.17) is 16.3 Å². The topological polar surface area (TPSA) is 105 Å². The Bertz CT molecular complexity index is 1120. The molecule has 0 unspecified atom stereocenters. The van der Waals surface area contributed by atoms with Gasteiger partial charge in [0.1, 0.15) is 11.8 Å². The van der Waals surface area contributed by atoms with Crippen LogP contribution in [0.1, 0.15) is 18.4 Å². The van der Waals surface area contributed by atoms with Crippen molar-refractivity contribution in [2.24, 2.45) is 0 Å². The quantitative estimate of drug-likeness (QED) is 0.746. The summed E-state index contributed by atoms with van der Waals surface area (Å²) in [6.45, 7) is 1.72. The molecular formula is C20H20ClN3O5S. The lowest BCUT2D eigenvalue weighted by molar-refractivity contribution is -0.119. The number of aryl methyl sites for hydroxylation is 1. The predicted molar refractivity (Wildman–Crippen MR) is 112 cm³/mol. The van der Waals surface area contributed by atoms with E-state index in [2.05, 4.69) is 10.6 Å². The van der Waals surface area contributed by atoms with Gasteiger partial charge in [-0.3, -0.25) is 9.59 Å². The maximum absolute atomic E-state index is 13.4. The van der Waals surface area contributed by atoms with Crippen molar-refractivity contribution < 1.29 is 22.7 Å². The van der Waals surface area contributed by atoms with Crippen molar-refractivity contribution in [3.05, 3.63) is 47.0 Å². The van der Waals surface area contributed by atoms with Gasteiger partial charge in [0.2, 0.25) is 15.9 Å². The standard InChI is InChI=1S/C20H20ClN3O5S/c1-12-9-15-17(29-11-19(25)23-15)10-18(12)30(27,28)24-8-2-3-16(24)20(26)22-14-6-4-13(21)5-7-14/h4-7,9-10,16H,2-3,8,11H2,1H3,(H,22,26)(H,23,25)/t16-/m1/s1. The number of halogens is 1. The number of hydrogen-bond donors (Lipinski definition) is 2. The van der Waals surface area contributed by atoms with E-state index in [-0.39, 0.29) is 24.0 Å². The van der Waals surface area contributed by atoms with Gasteiger partial charge in [-0.05, 0) is 55.7 Å². The molecule has 30 heavy (non-hydrogen) atoms. The first kappa shape index (κ1) is 20.6. The van der Waals surface area contributed by atoms with Crippen molar-refractivity contribution in [3.8, 4) is 5.75 Å². The molecular weight excluding hydrogens is 430 g/mol. The number of nitrogens with one attached hydrogen (secondary N) is 2. The summed E-state index contributed by atoms with van der Waals surface area (Å²) in [5.74, 6) is -0.395. The second kappa shape index (κ2) is 7.90. The summed E-state index contributed by atoms with van der Waals surface area (Å²) >= 11 is 5.87. The van der Waals surface area contributed by atoms with Crippen molar-refractivity contribution in [2.45, 2.75) is 30.7 Å². The van der Waals surface area contributed by atoms with Crippen LogP contribution in [0, 0.1) is 6.92 Å². The highest BCUT2D eigenvalue weighted by atomic mass is 35.5. The molecule has 1 fully saturated rings. The Kier molecular flexibility index (Phi) is 5.44. The predicted octanol–water partition coefficient (Wildman–Crippen LogP) is 2.77. The van der Waals surface area contributed by atoms with Gasteiger partial charge in [-0.2, -0.15) is 4.31 Å². The largest absolute Gasteiger partial charge is 0.482 e. The Hall–Kier alpha value is -2.62. The number of carbonyl (C=O) groups excluding carboxylic acids is 2. The van der Waals surface area contributed by atoms with Crippen LogP contribution in [0.2, 0.25) is 5.02 Å². The molecule has 4 rings (SSSR count). The number of benzene rings is 2. The number of ether oxygens (including phenoxy) is 1. The number of nitrogens with zero attached hydrogens (tertiary/aromatic N) is 1. The first-order valence-corrected chi connectivity index (χ1v) is 11.2. The molecule has 2 N–H and O–H groups in total. The van der Waals surface area contributed by atoms with E-state index in [0.717, 1.165) is 0 Å². The third-order valence-corrected chi connectivity index (χ3v) is 7.42. The van der Waals surface area contributed by atoms with Crippen LogP contribution in [0.4, 0.5) is 11.4 Å². The van der Waals surface area contributed by atoms with E-state index in [1.807, 2.05) is 0 Å². The van der Waals surface area contributed by atoms with Gasteiger partial charge >= 0.3 is 0 Å². The highest BCUT2D eigenvalue weighted by Gasteiger charge is 2.40. The van der Waals surface area contributed by atoms with Gasteiger partial charge in [0, 0.05) is 23.3 Å². The van der Waals surface area contributed by atoms with Gasteiger partial charge in [-0.25, -0.2) is 8.42 Å². The summed E-state index contributed by atoms with van der Waals surface area (Å²) < 4.78 is 33.4. The zero-order valence-corrected chi connectivity index (χ0v) is 17.7. The minimum Gasteiger partial charge on any atom is -0.482 e. The number of carbonyl (C=O) groups is 2. The maximum Gasteiger partial charge on any atom is 0.262 e. The van der Waals surface area contributed by atoms with Crippen LogP contribution in [0.15, 0.2) is 41.3 Å². The highest BCUT2D eigenvalue weighted by Crippen LogP contribution is 2.36. The molecule has 2 aromatic carbocycles. The molecule has 2 aromatic rings. The molecule has 0 bridgehead atoms. The molecule has 1 atom stereocenters. The summed E-state index contributed by atoms with van der Waals surface area (Å²) in [4.78, 5) is 24.4. The van der Waals surface area contributed by atoms with Crippen molar-refractivity contribution in [1.29, 1.82) is 0 Å². The van der Waals surface area contributed by atoms with E-state index in [0.29, 0.717) is 40.6 Å². The van der Waals surface area contributed by atoms with Crippen molar-refractivity contribution in [3.63, 3.8) is 0 Å². The third-order valence-electron chi connectivity index (χ3n) is 5.11. The molecule has 0 spiro atoms. The van der Waals surface area contributed by atoms with Gasteiger partial charge in [0.15, 0.2) is 6.61 Å². The van der Waals surface area contributed by atoms with Crippen LogP contribution in [0.3, 0.4) is 0 Å². The summed E-state index contributed by atoms with van der Waals surface area (Å²) in [6, 6.07) is 8.78. The van der Waals surface area contributed by atoms with Gasteiger partial charge in [-0.15, -0.1) is 0 Å². The molecule has 2 heterocycles. The normalized spacial score (nSPS) is 19.0. The fraction of sp³-hybridized carbons (Fsp3) is 0.300. The minimum absolute atomic E-state index is 0.0589. The molecule has 0 saturated carbocycles. The minimum atomic E-state index is -3.95. The number of anilines is 2. The number of fused-ring (bicyclic) bond motifs is 1. The van der Waals surface area contributed by atoms with Crippen LogP contribution in [-0.4, -0.2) is 43.7 Å². The fourth-order valence-corrected chi connectivity index (χ4v) is 5.68. The average Bonchev–Trinajstić information content (AvgIpc) is 3.20. The van der Waals surface area contributed by atoms with E-state index in [1.54, 1.807) is 37.3 Å². The molecule has 8 nitrogen and oxygen atoms in total. The molecule has 10 heteroatoms. The molecule has 2 aliphatic rings. The Labute approximate surface area is 179 Å². The monoisotopic (exact) mass is 449 g/mol. The summed E-state index contributed by atoms with van der Waals surface area (Å²) in [5.41, 5.74) is 1.44. The Balaban J connectivity index is 1.61. The van der Waals surface area contributed by atoms with Crippen LogP contribution < -0.4 is 15.4 Å². The molecule has 158 valence electrons. The van der Waals surface area contributed by atoms with E-state index >= 15 is 0 Å².